The number of hydrogen-bond donors (Lipinski definition) is 2. The van der Waals surface area contributed by atoms with E-state index in [1.807, 2.05) is 7.05 Å². The molecule has 2 N–H and O–H groups in total. The summed E-state index contributed by atoms with van der Waals surface area (Å²) in [7, 11) is 1.85. The van der Waals surface area contributed by atoms with Crippen LogP contribution in [0.25, 0.3) is 0 Å². The number of aromatic amines is 1. The summed E-state index contributed by atoms with van der Waals surface area (Å²) < 4.78 is 1.79. The predicted molar refractivity (Wildman–Crippen MR) is 53.2 cm³/mol. The van der Waals surface area contributed by atoms with Crippen LogP contribution in [0.5, 0.6) is 0 Å². The number of aryl methyl sites for hydroxylation is 1. The number of H-pyrrole nitrogens is 1. The van der Waals surface area contributed by atoms with Gasteiger partial charge in [-0.3, -0.25) is 4.79 Å². The molecule has 15 heavy (non-hydrogen) atoms. The number of rotatable bonds is 3. The monoisotopic (exact) mass is 206 g/mol. The van der Waals surface area contributed by atoms with E-state index in [1.165, 1.54) is 12.4 Å². The van der Waals surface area contributed by atoms with Crippen LogP contribution in [0, 0.1) is 0 Å². The van der Waals surface area contributed by atoms with Gasteiger partial charge in [-0.2, -0.15) is 0 Å². The molecule has 2 rings (SSSR count). The number of nitrogens with one attached hydrogen (secondary N) is 2. The lowest BCUT2D eigenvalue weighted by Gasteiger charge is -2.03. The smallest absolute Gasteiger partial charge is 0.252 e. The highest BCUT2D eigenvalue weighted by atomic mass is 16.1. The molecular weight excluding hydrogens is 196 g/mol. The Bertz CT molecular complexity index is 502. The molecule has 0 aromatic carbocycles. The summed E-state index contributed by atoms with van der Waals surface area (Å²) in [5.41, 5.74) is -0.189. The fourth-order valence-electron chi connectivity index (χ4n) is 1.10. The van der Waals surface area contributed by atoms with E-state index < -0.39 is 0 Å². The third kappa shape index (κ3) is 2.19. The van der Waals surface area contributed by atoms with Crippen molar-refractivity contribution in [1.29, 1.82) is 0 Å². The molecule has 0 aliphatic rings. The topological polar surface area (TPSA) is 88.5 Å². The molecule has 0 fully saturated rings. The van der Waals surface area contributed by atoms with E-state index in [2.05, 4.69) is 25.5 Å². The van der Waals surface area contributed by atoms with Crippen LogP contribution in [0.2, 0.25) is 0 Å². The molecule has 0 saturated carbocycles. The summed E-state index contributed by atoms with van der Waals surface area (Å²) in [6, 6.07) is 1.39. The summed E-state index contributed by atoms with van der Waals surface area (Å²) in [4.78, 5) is 17.3. The summed E-state index contributed by atoms with van der Waals surface area (Å²) >= 11 is 0. The van der Waals surface area contributed by atoms with E-state index in [9.17, 15) is 4.79 Å². The quantitative estimate of drug-likeness (QED) is 0.707. The molecular formula is C8H10N6O. The Morgan fingerprint density at radius 2 is 2.47 bits per heavy atom. The number of nitrogens with zero attached hydrogens (tertiary/aromatic N) is 4. The van der Waals surface area contributed by atoms with Crippen molar-refractivity contribution in [2.45, 2.75) is 6.54 Å². The zero-order chi connectivity index (χ0) is 10.7. The maximum atomic E-state index is 10.9. The molecule has 0 amide bonds. The van der Waals surface area contributed by atoms with Crippen LogP contribution in [0.15, 0.2) is 23.5 Å². The number of aromatic nitrogens is 5. The van der Waals surface area contributed by atoms with E-state index in [-0.39, 0.29) is 5.56 Å². The van der Waals surface area contributed by atoms with Gasteiger partial charge in [0.15, 0.2) is 5.82 Å². The maximum Gasteiger partial charge on any atom is 0.252 e. The van der Waals surface area contributed by atoms with Crippen LogP contribution in [-0.4, -0.2) is 24.7 Å². The lowest BCUT2D eigenvalue weighted by atomic mass is 10.5. The fourth-order valence-corrected chi connectivity index (χ4v) is 1.10. The van der Waals surface area contributed by atoms with Crippen molar-refractivity contribution in [1.82, 2.24) is 24.7 Å². The van der Waals surface area contributed by atoms with Gasteiger partial charge in [-0.1, -0.05) is 0 Å². The summed E-state index contributed by atoms with van der Waals surface area (Å²) in [5, 5.41) is 10.6. The molecule has 0 atom stereocenters. The Kier molecular flexibility index (Phi) is 2.44. The first-order valence-corrected chi connectivity index (χ1v) is 4.37. The van der Waals surface area contributed by atoms with Crippen molar-refractivity contribution in [3.05, 3.63) is 34.9 Å². The first kappa shape index (κ1) is 9.38. The lowest BCUT2D eigenvalue weighted by Crippen LogP contribution is -2.11. The molecule has 7 heteroatoms. The molecule has 2 aromatic rings. The average Bonchev–Trinajstić information content (AvgIpc) is 2.61. The second kappa shape index (κ2) is 3.91. The molecule has 0 bridgehead atoms. The van der Waals surface area contributed by atoms with Crippen molar-refractivity contribution in [2.75, 3.05) is 5.32 Å². The number of anilines is 1. The zero-order valence-corrected chi connectivity index (χ0v) is 8.14. The fraction of sp³-hybridized carbons (Fsp3) is 0.250. The van der Waals surface area contributed by atoms with E-state index in [0.717, 1.165) is 5.82 Å². The maximum absolute atomic E-state index is 10.9. The first-order chi connectivity index (χ1) is 7.25. The van der Waals surface area contributed by atoms with Crippen molar-refractivity contribution < 1.29 is 0 Å². The second-order valence-corrected chi connectivity index (χ2v) is 3.01. The molecule has 0 spiro atoms. The summed E-state index contributed by atoms with van der Waals surface area (Å²) in [6.07, 6.45) is 2.96. The van der Waals surface area contributed by atoms with Gasteiger partial charge >= 0.3 is 0 Å². The van der Waals surface area contributed by atoms with Crippen LogP contribution in [0.3, 0.4) is 0 Å². The molecule has 0 unspecified atom stereocenters. The van der Waals surface area contributed by atoms with Crippen LogP contribution in [0.4, 0.5) is 5.82 Å². The predicted octanol–water partition coefficient (Wildman–Crippen LogP) is -0.490. The summed E-state index contributed by atoms with van der Waals surface area (Å²) in [5.74, 6) is 1.29. The largest absolute Gasteiger partial charge is 0.363 e. The minimum absolute atomic E-state index is 0.189. The van der Waals surface area contributed by atoms with E-state index >= 15 is 0 Å². The van der Waals surface area contributed by atoms with Crippen LogP contribution in [-0.2, 0) is 13.6 Å². The molecule has 0 aliphatic heterocycles. The van der Waals surface area contributed by atoms with Crippen LogP contribution in [0.1, 0.15) is 5.82 Å². The van der Waals surface area contributed by atoms with Crippen molar-refractivity contribution >= 4 is 5.82 Å². The third-order valence-electron chi connectivity index (χ3n) is 1.91. The minimum Gasteiger partial charge on any atom is -0.363 e. The molecule has 78 valence electrons. The van der Waals surface area contributed by atoms with Gasteiger partial charge in [-0.25, -0.2) is 4.98 Å². The Hall–Kier alpha value is -2.18. The first-order valence-electron chi connectivity index (χ1n) is 4.37. The highest BCUT2D eigenvalue weighted by Gasteiger charge is 2.00. The van der Waals surface area contributed by atoms with Gasteiger partial charge in [-0.05, 0) is 0 Å². The van der Waals surface area contributed by atoms with Gasteiger partial charge in [0.2, 0.25) is 0 Å². The second-order valence-electron chi connectivity index (χ2n) is 3.01. The number of hydrogen-bond acceptors (Lipinski definition) is 5. The zero-order valence-electron chi connectivity index (χ0n) is 8.14. The van der Waals surface area contributed by atoms with Crippen molar-refractivity contribution in [3.63, 3.8) is 0 Å². The highest BCUT2D eigenvalue weighted by Crippen LogP contribution is 1.99. The molecule has 7 nitrogen and oxygen atoms in total. The van der Waals surface area contributed by atoms with Gasteiger partial charge in [0, 0.05) is 13.1 Å². The van der Waals surface area contributed by atoms with Crippen LogP contribution < -0.4 is 10.9 Å². The van der Waals surface area contributed by atoms with Crippen molar-refractivity contribution in [2.24, 2.45) is 7.05 Å². The molecule has 0 aliphatic carbocycles. The minimum atomic E-state index is -0.189. The van der Waals surface area contributed by atoms with Gasteiger partial charge in [0.25, 0.3) is 5.56 Å². The Morgan fingerprint density at radius 3 is 3.13 bits per heavy atom. The summed E-state index contributed by atoms with van der Waals surface area (Å²) in [6.45, 7) is 0.479. The SMILES string of the molecule is Cn1cnnc1CNc1cc(=O)[nH]cn1. The molecule has 0 radical (unpaired) electrons. The van der Waals surface area contributed by atoms with Gasteiger partial charge in [0.1, 0.15) is 12.1 Å². The average molecular weight is 206 g/mol. The Balaban J connectivity index is 2.05. The van der Waals surface area contributed by atoms with Gasteiger partial charge in [0.05, 0.1) is 12.9 Å². The van der Waals surface area contributed by atoms with Gasteiger partial charge in [-0.15, -0.1) is 10.2 Å². The highest BCUT2D eigenvalue weighted by molar-refractivity contribution is 5.31. The molecule has 2 heterocycles. The van der Waals surface area contributed by atoms with Crippen LogP contribution >= 0.6 is 0 Å². The molecule has 2 aromatic heterocycles. The standard InChI is InChI=1S/C8H10N6O/c1-14-5-12-13-7(14)3-9-6-2-8(15)11-4-10-6/h2,4-5H,3H2,1H3,(H2,9,10,11,15). The third-order valence-corrected chi connectivity index (χ3v) is 1.91. The van der Waals surface area contributed by atoms with Crippen molar-refractivity contribution in [3.8, 4) is 0 Å². The lowest BCUT2D eigenvalue weighted by molar-refractivity contribution is 0.809. The van der Waals surface area contributed by atoms with E-state index in [4.69, 9.17) is 0 Å². The van der Waals surface area contributed by atoms with Gasteiger partial charge < -0.3 is 14.9 Å². The normalized spacial score (nSPS) is 10.2. The Labute approximate surface area is 85.2 Å². The van der Waals surface area contributed by atoms with E-state index in [0.29, 0.717) is 12.4 Å². The van der Waals surface area contributed by atoms with E-state index in [1.54, 1.807) is 10.9 Å². The Morgan fingerprint density at radius 1 is 1.60 bits per heavy atom. The molecule has 0 saturated heterocycles.